The number of nitrogens with zero attached hydrogens (tertiary/aromatic N) is 2. The molecule has 74 valence electrons. The summed E-state index contributed by atoms with van der Waals surface area (Å²) in [5, 5.41) is 19.5. The lowest BCUT2D eigenvalue weighted by molar-refractivity contribution is 0.0688. The third kappa shape index (κ3) is 1.51. The molecule has 0 bridgehead atoms. The van der Waals surface area contributed by atoms with Crippen LogP contribution in [0.2, 0.25) is 0 Å². The molecule has 0 aliphatic carbocycles. The van der Waals surface area contributed by atoms with Gasteiger partial charge in [-0.15, -0.1) is 11.3 Å². The van der Waals surface area contributed by atoms with E-state index in [0.717, 1.165) is 0 Å². The van der Waals surface area contributed by atoms with Crippen LogP contribution in [-0.4, -0.2) is 15.6 Å². The van der Waals surface area contributed by atoms with Gasteiger partial charge in [0.15, 0.2) is 0 Å². The SMILES string of the molecule is N#Cc1sccc1-n1cccc1C(=O)O. The van der Waals surface area contributed by atoms with Crippen molar-refractivity contribution < 1.29 is 9.90 Å². The molecule has 0 spiro atoms. The third-order valence-corrected chi connectivity index (χ3v) is 2.78. The molecule has 0 saturated heterocycles. The van der Waals surface area contributed by atoms with Gasteiger partial charge < -0.3 is 9.67 Å². The van der Waals surface area contributed by atoms with Gasteiger partial charge in [-0.05, 0) is 23.6 Å². The number of carbonyl (C=O) groups is 1. The van der Waals surface area contributed by atoms with Crippen molar-refractivity contribution in [3.8, 4) is 11.8 Å². The Morgan fingerprint density at radius 3 is 3.00 bits per heavy atom. The molecule has 0 atom stereocenters. The van der Waals surface area contributed by atoms with Crippen LogP contribution in [0.15, 0.2) is 29.8 Å². The maximum Gasteiger partial charge on any atom is 0.352 e. The first-order valence-electron chi connectivity index (χ1n) is 4.12. The largest absolute Gasteiger partial charge is 0.477 e. The summed E-state index contributed by atoms with van der Waals surface area (Å²) in [5.41, 5.74) is 0.773. The highest BCUT2D eigenvalue weighted by molar-refractivity contribution is 7.10. The molecule has 0 unspecified atom stereocenters. The molecule has 0 aliphatic heterocycles. The molecular formula is C10H6N2O2S. The summed E-state index contributed by atoms with van der Waals surface area (Å²) >= 11 is 1.29. The number of aromatic carboxylic acids is 1. The number of nitriles is 1. The molecule has 2 aromatic rings. The second-order valence-electron chi connectivity index (χ2n) is 2.82. The van der Waals surface area contributed by atoms with E-state index in [1.165, 1.54) is 22.0 Å². The molecule has 0 radical (unpaired) electrons. The summed E-state index contributed by atoms with van der Waals surface area (Å²) in [6.07, 6.45) is 1.63. The summed E-state index contributed by atoms with van der Waals surface area (Å²) in [6, 6.07) is 6.91. The van der Waals surface area contributed by atoms with Gasteiger partial charge >= 0.3 is 5.97 Å². The van der Waals surface area contributed by atoms with Gasteiger partial charge in [0, 0.05) is 6.20 Å². The Hall–Kier alpha value is -2.06. The van der Waals surface area contributed by atoms with E-state index in [-0.39, 0.29) is 5.69 Å². The van der Waals surface area contributed by atoms with Gasteiger partial charge in [0.2, 0.25) is 0 Å². The van der Waals surface area contributed by atoms with E-state index in [0.29, 0.717) is 10.6 Å². The molecule has 1 N–H and O–H groups in total. The van der Waals surface area contributed by atoms with Crippen LogP contribution in [0.4, 0.5) is 0 Å². The Kier molecular flexibility index (Phi) is 2.27. The number of rotatable bonds is 2. The van der Waals surface area contributed by atoms with E-state index in [1.54, 1.807) is 23.7 Å². The van der Waals surface area contributed by atoms with Gasteiger partial charge in [0.25, 0.3) is 0 Å². The standard InChI is InChI=1S/C10H6N2O2S/c11-6-9-7(3-5-15-9)12-4-1-2-8(12)10(13)14/h1-5H,(H,13,14). The van der Waals surface area contributed by atoms with Crippen molar-refractivity contribution in [3.63, 3.8) is 0 Å². The predicted molar refractivity (Wildman–Crippen MR) is 55.3 cm³/mol. The Bertz CT molecular complexity index is 548. The highest BCUT2D eigenvalue weighted by Crippen LogP contribution is 2.22. The predicted octanol–water partition coefficient (Wildman–Crippen LogP) is 2.11. The fraction of sp³-hybridized carbons (Fsp3) is 0. The zero-order valence-corrected chi connectivity index (χ0v) is 8.36. The molecule has 2 heterocycles. The van der Waals surface area contributed by atoms with Gasteiger partial charge in [-0.1, -0.05) is 0 Å². The lowest BCUT2D eigenvalue weighted by Gasteiger charge is -2.03. The van der Waals surface area contributed by atoms with Gasteiger partial charge in [-0.25, -0.2) is 4.79 Å². The van der Waals surface area contributed by atoms with E-state index in [1.807, 2.05) is 6.07 Å². The molecule has 0 saturated carbocycles. The van der Waals surface area contributed by atoms with Gasteiger partial charge in [-0.3, -0.25) is 0 Å². The highest BCUT2D eigenvalue weighted by Gasteiger charge is 2.13. The van der Waals surface area contributed by atoms with Crippen LogP contribution in [-0.2, 0) is 0 Å². The minimum Gasteiger partial charge on any atom is -0.477 e. The van der Waals surface area contributed by atoms with E-state index in [4.69, 9.17) is 10.4 Å². The smallest absolute Gasteiger partial charge is 0.352 e. The van der Waals surface area contributed by atoms with Crippen LogP contribution in [0.3, 0.4) is 0 Å². The number of aromatic nitrogens is 1. The Labute approximate surface area is 89.6 Å². The van der Waals surface area contributed by atoms with Crippen LogP contribution in [0.25, 0.3) is 5.69 Å². The van der Waals surface area contributed by atoms with E-state index >= 15 is 0 Å². The van der Waals surface area contributed by atoms with Crippen molar-refractivity contribution >= 4 is 17.3 Å². The first kappa shape index (κ1) is 9.49. The number of carboxylic acids is 1. The minimum atomic E-state index is -1.00. The molecular weight excluding hydrogens is 212 g/mol. The monoisotopic (exact) mass is 218 g/mol. The van der Waals surface area contributed by atoms with Crippen molar-refractivity contribution in [2.24, 2.45) is 0 Å². The lowest BCUT2D eigenvalue weighted by atomic mass is 10.3. The van der Waals surface area contributed by atoms with Crippen molar-refractivity contribution in [1.29, 1.82) is 5.26 Å². The zero-order valence-electron chi connectivity index (χ0n) is 7.54. The van der Waals surface area contributed by atoms with E-state index < -0.39 is 5.97 Å². The lowest BCUT2D eigenvalue weighted by Crippen LogP contribution is -2.05. The molecule has 15 heavy (non-hydrogen) atoms. The van der Waals surface area contributed by atoms with Crippen LogP contribution in [0.1, 0.15) is 15.4 Å². The number of thiophene rings is 1. The van der Waals surface area contributed by atoms with Crippen molar-refractivity contribution in [2.45, 2.75) is 0 Å². The maximum atomic E-state index is 10.9. The molecule has 2 rings (SSSR count). The Morgan fingerprint density at radius 2 is 2.33 bits per heavy atom. The van der Waals surface area contributed by atoms with E-state index in [2.05, 4.69) is 0 Å². The second-order valence-corrected chi connectivity index (χ2v) is 3.73. The van der Waals surface area contributed by atoms with Crippen molar-refractivity contribution in [1.82, 2.24) is 4.57 Å². The first-order valence-corrected chi connectivity index (χ1v) is 5.00. The topological polar surface area (TPSA) is 66.0 Å². The summed E-state index contributed by atoms with van der Waals surface area (Å²) in [7, 11) is 0. The average molecular weight is 218 g/mol. The zero-order chi connectivity index (χ0) is 10.8. The first-order chi connectivity index (χ1) is 7.24. The fourth-order valence-electron chi connectivity index (χ4n) is 1.34. The van der Waals surface area contributed by atoms with Crippen LogP contribution in [0, 0.1) is 11.3 Å². The number of hydrogen-bond donors (Lipinski definition) is 1. The average Bonchev–Trinajstić information content (AvgIpc) is 2.85. The number of carboxylic acid groups (broad SMARTS) is 1. The molecule has 0 amide bonds. The van der Waals surface area contributed by atoms with Gasteiger partial charge in [-0.2, -0.15) is 5.26 Å². The van der Waals surface area contributed by atoms with Crippen LogP contribution >= 0.6 is 11.3 Å². The Morgan fingerprint density at radius 1 is 1.53 bits per heavy atom. The van der Waals surface area contributed by atoms with Gasteiger partial charge in [0.1, 0.15) is 16.6 Å². The molecule has 5 heteroatoms. The molecule has 4 nitrogen and oxygen atoms in total. The van der Waals surface area contributed by atoms with Crippen LogP contribution in [0.5, 0.6) is 0 Å². The minimum absolute atomic E-state index is 0.157. The maximum absolute atomic E-state index is 10.9. The van der Waals surface area contributed by atoms with Crippen molar-refractivity contribution in [2.75, 3.05) is 0 Å². The summed E-state index contributed by atoms with van der Waals surface area (Å²) < 4.78 is 1.50. The summed E-state index contributed by atoms with van der Waals surface area (Å²) in [6.45, 7) is 0. The summed E-state index contributed by atoms with van der Waals surface area (Å²) in [4.78, 5) is 11.4. The summed E-state index contributed by atoms with van der Waals surface area (Å²) in [5.74, 6) is -1.00. The van der Waals surface area contributed by atoms with Gasteiger partial charge in [0.05, 0.1) is 5.69 Å². The van der Waals surface area contributed by atoms with Crippen LogP contribution < -0.4 is 0 Å². The molecule has 0 aromatic carbocycles. The number of hydrogen-bond acceptors (Lipinski definition) is 3. The Balaban J connectivity index is 2.60. The molecule has 0 aliphatic rings. The third-order valence-electron chi connectivity index (χ3n) is 1.97. The molecule has 0 fully saturated rings. The highest BCUT2D eigenvalue weighted by atomic mass is 32.1. The second kappa shape index (κ2) is 3.59. The quantitative estimate of drug-likeness (QED) is 0.839. The van der Waals surface area contributed by atoms with Crippen molar-refractivity contribution in [3.05, 3.63) is 40.3 Å². The molecule has 2 aromatic heterocycles. The normalized spacial score (nSPS) is 9.80. The fourth-order valence-corrected chi connectivity index (χ4v) is 2.01. The van der Waals surface area contributed by atoms with E-state index in [9.17, 15) is 4.79 Å².